The van der Waals surface area contributed by atoms with Crippen LogP contribution in [-0.2, 0) is 28.7 Å². The van der Waals surface area contributed by atoms with Gasteiger partial charge in [-0.3, -0.25) is 19.8 Å². The maximum absolute atomic E-state index is 12.8. The number of rotatable bonds is 10. The van der Waals surface area contributed by atoms with E-state index in [-0.39, 0.29) is 42.8 Å². The lowest BCUT2D eigenvalue weighted by atomic mass is 10.0. The fourth-order valence-corrected chi connectivity index (χ4v) is 4.00. The molecule has 0 saturated carbocycles. The number of hydrogen-bond acceptors (Lipinski definition) is 9. The molecule has 0 fully saturated rings. The minimum atomic E-state index is -0.514. The zero-order valence-corrected chi connectivity index (χ0v) is 22.0. The summed E-state index contributed by atoms with van der Waals surface area (Å²) in [4.78, 5) is 44.0. The second-order valence-electron chi connectivity index (χ2n) is 8.85. The first-order valence-corrected chi connectivity index (χ1v) is 12.2. The number of benzene rings is 2. The van der Waals surface area contributed by atoms with Crippen molar-refractivity contribution in [3.8, 4) is 0 Å². The Bertz CT molecular complexity index is 1260. The lowest BCUT2D eigenvalue weighted by molar-refractivity contribution is -0.126. The number of hydrogen-bond donors (Lipinski definition) is 4. The maximum Gasteiger partial charge on any atom is 0.292 e. The third-order valence-corrected chi connectivity index (χ3v) is 5.93. The number of carbonyl (C=O) groups excluding carboxylic acids is 3. The number of nitrogens with two attached hydrogens (primary N) is 1. The van der Waals surface area contributed by atoms with E-state index in [0.717, 1.165) is 22.5 Å². The third-order valence-electron chi connectivity index (χ3n) is 5.93. The van der Waals surface area contributed by atoms with Crippen LogP contribution in [0, 0.1) is 5.41 Å². The van der Waals surface area contributed by atoms with E-state index in [1.54, 1.807) is 26.2 Å². The Balaban J connectivity index is 0.000000983. The number of oxime groups is 1. The van der Waals surface area contributed by atoms with E-state index in [9.17, 15) is 9.59 Å². The molecule has 12 heteroatoms. The first-order valence-electron chi connectivity index (χ1n) is 12.2. The van der Waals surface area contributed by atoms with Gasteiger partial charge < -0.3 is 30.7 Å². The molecule has 0 aromatic heterocycles. The Labute approximate surface area is 226 Å². The van der Waals surface area contributed by atoms with Crippen LogP contribution in [0.3, 0.4) is 0 Å². The lowest BCUT2D eigenvalue weighted by Crippen LogP contribution is -2.45. The molecule has 2 amide bonds. The number of fused-ring (bicyclic) bond motifs is 1. The van der Waals surface area contributed by atoms with Gasteiger partial charge in [0.15, 0.2) is 0 Å². The molecule has 0 saturated heterocycles. The highest BCUT2D eigenvalue weighted by molar-refractivity contribution is 6.42. The highest BCUT2D eigenvalue weighted by atomic mass is 16.6. The van der Waals surface area contributed by atoms with Gasteiger partial charge in [-0.05, 0) is 18.6 Å². The first-order chi connectivity index (χ1) is 18.8. The minimum absolute atomic E-state index is 0.000894. The average molecular weight is 537 g/mol. The van der Waals surface area contributed by atoms with Crippen molar-refractivity contribution in [3.05, 3.63) is 65.2 Å². The molecule has 3 atom stereocenters. The predicted molar refractivity (Wildman–Crippen MR) is 145 cm³/mol. The van der Waals surface area contributed by atoms with E-state index in [0.29, 0.717) is 24.2 Å². The van der Waals surface area contributed by atoms with E-state index >= 15 is 0 Å². The number of para-hydroxylation sites is 1. The number of nitrogen functional groups attached to an aromatic ring is 1. The normalized spacial score (nSPS) is 17.7. The number of carbonyl (C=O) groups is 3. The van der Waals surface area contributed by atoms with Gasteiger partial charge in [0.05, 0.1) is 24.9 Å². The lowest BCUT2D eigenvalue weighted by Gasteiger charge is -2.17. The predicted octanol–water partition coefficient (Wildman–Crippen LogP) is 1.74. The second-order valence-corrected chi connectivity index (χ2v) is 8.85. The Morgan fingerprint density at radius 2 is 1.90 bits per heavy atom. The van der Waals surface area contributed by atoms with Crippen LogP contribution >= 0.6 is 0 Å². The van der Waals surface area contributed by atoms with Gasteiger partial charge in [-0.15, -0.1) is 0 Å². The van der Waals surface area contributed by atoms with Crippen molar-refractivity contribution in [1.82, 2.24) is 10.6 Å². The van der Waals surface area contributed by atoms with Gasteiger partial charge in [-0.25, -0.2) is 4.99 Å². The van der Waals surface area contributed by atoms with Gasteiger partial charge in [0.25, 0.3) is 12.4 Å². The Hall–Kier alpha value is -4.58. The Kier molecular flexibility index (Phi) is 10.3. The summed E-state index contributed by atoms with van der Waals surface area (Å²) in [5.41, 5.74) is 9.59. The molecule has 39 heavy (non-hydrogen) atoms. The standard InChI is InChI=1S/C25H28N6O4.C2H4O2/c1-14(29-25(33)22-23(34-2)18-5-3-4-6-19(18)30-22)13-28-21(32)12-17-11-20(31-35-17)15-7-9-16(10-8-15)24(26)27;1-4-2-3/h3-10,14,17,23H,11-13H2,1-2H3,(H3,26,27)(H,28,32)(H,29,33);2H,1H3. The number of nitrogens with one attached hydrogen (secondary N) is 3. The van der Waals surface area contributed by atoms with Gasteiger partial charge in [-0.2, -0.15) is 0 Å². The third kappa shape index (κ3) is 7.71. The summed E-state index contributed by atoms with van der Waals surface area (Å²) >= 11 is 0. The molecule has 2 aliphatic heterocycles. The molecular formula is C27H32N6O6. The summed E-state index contributed by atoms with van der Waals surface area (Å²) in [6, 6.07) is 14.3. The molecular weight excluding hydrogens is 504 g/mol. The number of ether oxygens (including phenoxy) is 2. The van der Waals surface area contributed by atoms with Crippen LogP contribution in [0.2, 0.25) is 0 Å². The fraction of sp³-hybridized carbons (Fsp3) is 0.333. The topological polar surface area (TPSA) is 178 Å². The van der Waals surface area contributed by atoms with Crippen LogP contribution in [0.1, 0.15) is 42.6 Å². The van der Waals surface area contributed by atoms with Gasteiger partial charge in [-0.1, -0.05) is 47.6 Å². The molecule has 206 valence electrons. The van der Waals surface area contributed by atoms with Crippen LogP contribution in [0.5, 0.6) is 0 Å². The van der Waals surface area contributed by atoms with Crippen molar-refractivity contribution in [3.63, 3.8) is 0 Å². The molecule has 12 nitrogen and oxygen atoms in total. The van der Waals surface area contributed by atoms with Crippen molar-refractivity contribution in [1.29, 1.82) is 5.41 Å². The summed E-state index contributed by atoms with van der Waals surface area (Å²) in [6.45, 7) is 2.44. The molecule has 2 aliphatic rings. The number of amides is 2. The highest BCUT2D eigenvalue weighted by Gasteiger charge is 2.32. The molecule has 0 spiro atoms. The van der Waals surface area contributed by atoms with E-state index in [2.05, 4.69) is 25.5 Å². The zero-order chi connectivity index (χ0) is 28.4. The smallest absolute Gasteiger partial charge is 0.292 e. The first kappa shape index (κ1) is 29.0. The second kappa shape index (κ2) is 13.8. The van der Waals surface area contributed by atoms with Gasteiger partial charge in [0.1, 0.15) is 23.8 Å². The van der Waals surface area contributed by atoms with Crippen molar-refractivity contribution in [2.75, 3.05) is 20.8 Å². The van der Waals surface area contributed by atoms with E-state index in [1.165, 1.54) is 7.11 Å². The van der Waals surface area contributed by atoms with Crippen molar-refractivity contribution in [2.45, 2.75) is 38.0 Å². The van der Waals surface area contributed by atoms with Crippen molar-refractivity contribution >= 4 is 41.2 Å². The summed E-state index contributed by atoms with van der Waals surface area (Å²) in [6.07, 6.45) is -0.234. The quantitative estimate of drug-likeness (QED) is 0.203. The molecule has 3 unspecified atom stereocenters. The van der Waals surface area contributed by atoms with Crippen LogP contribution in [0.4, 0.5) is 5.69 Å². The van der Waals surface area contributed by atoms with Crippen LogP contribution in [-0.4, -0.2) is 68.5 Å². The summed E-state index contributed by atoms with van der Waals surface area (Å²) in [7, 11) is 2.85. The molecule has 2 aromatic carbocycles. The monoisotopic (exact) mass is 536 g/mol. The van der Waals surface area contributed by atoms with Gasteiger partial charge in [0, 0.05) is 37.2 Å². The largest absolute Gasteiger partial charge is 0.471 e. The molecule has 4 rings (SSSR count). The Morgan fingerprint density at radius 1 is 1.21 bits per heavy atom. The van der Waals surface area contributed by atoms with Gasteiger partial charge >= 0.3 is 0 Å². The number of nitrogens with zero attached hydrogens (tertiary/aromatic N) is 2. The molecule has 0 bridgehead atoms. The fourth-order valence-electron chi connectivity index (χ4n) is 4.00. The van der Waals surface area contributed by atoms with E-state index < -0.39 is 6.10 Å². The van der Waals surface area contributed by atoms with Gasteiger partial charge in [0.2, 0.25) is 5.91 Å². The van der Waals surface area contributed by atoms with Crippen LogP contribution < -0.4 is 16.4 Å². The average Bonchev–Trinajstić information content (AvgIpc) is 3.56. The summed E-state index contributed by atoms with van der Waals surface area (Å²) < 4.78 is 9.34. The number of aliphatic imine (C=N–C) groups is 1. The zero-order valence-electron chi connectivity index (χ0n) is 22.0. The molecule has 5 N–H and O–H groups in total. The minimum Gasteiger partial charge on any atom is -0.471 e. The molecule has 0 aliphatic carbocycles. The molecule has 2 aromatic rings. The van der Waals surface area contributed by atoms with E-state index in [4.69, 9.17) is 25.5 Å². The van der Waals surface area contributed by atoms with Crippen molar-refractivity contribution < 1.29 is 28.7 Å². The molecule has 2 heterocycles. The maximum atomic E-state index is 12.8. The van der Waals surface area contributed by atoms with Crippen LogP contribution in [0.25, 0.3) is 0 Å². The highest BCUT2D eigenvalue weighted by Crippen LogP contribution is 2.35. The number of methoxy groups -OCH3 is 2. The van der Waals surface area contributed by atoms with E-state index in [1.807, 2.05) is 36.4 Å². The Morgan fingerprint density at radius 3 is 2.54 bits per heavy atom. The van der Waals surface area contributed by atoms with Crippen LogP contribution in [0.15, 0.2) is 58.7 Å². The SMILES string of the molecule is COC1C(C(=O)NC(C)CNC(=O)CC2CC(c3ccc(C(=N)N)cc3)=NO2)=Nc2ccccc21.COC=O. The molecule has 0 radical (unpaired) electrons. The number of amidine groups is 1. The summed E-state index contributed by atoms with van der Waals surface area (Å²) in [5.74, 6) is -0.524. The van der Waals surface area contributed by atoms with Crippen molar-refractivity contribution in [2.24, 2.45) is 15.9 Å². The summed E-state index contributed by atoms with van der Waals surface area (Å²) in [5, 5.41) is 17.3.